The minimum absolute atomic E-state index is 0.0377. The summed E-state index contributed by atoms with van der Waals surface area (Å²) in [4.78, 5) is 56.1. The van der Waals surface area contributed by atoms with Crippen molar-refractivity contribution < 1.29 is 28.6 Å². The van der Waals surface area contributed by atoms with Crippen molar-refractivity contribution in [3.63, 3.8) is 0 Å². The Morgan fingerprint density at radius 2 is 2.00 bits per heavy atom. The van der Waals surface area contributed by atoms with Gasteiger partial charge in [-0.2, -0.15) is 0 Å². The second-order valence-corrected chi connectivity index (χ2v) is 10.7. The molecule has 13 heteroatoms. The van der Waals surface area contributed by atoms with Crippen LogP contribution in [0.4, 0.5) is 10.1 Å². The van der Waals surface area contributed by atoms with Crippen LogP contribution in [0.2, 0.25) is 0 Å². The number of nitrogens with one attached hydrogen (secondary N) is 3. The summed E-state index contributed by atoms with van der Waals surface area (Å²) >= 11 is 1.25. The van der Waals surface area contributed by atoms with Gasteiger partial charge in [0, 0.05) is 18.0 Å². The summed E-state index contributed by atoms with van der Waals surface area (Å²) in [6.07, 6.45) is 1.03. The fourth-order valence-corrected chi connectivity index (χ4v) is 5.99. The fraction of sp³-hybridized carbons (Fsp3) is 0.250. The topological polar surface area (TPSA) is 176 Å². The average molecular weight is 580 g/mol. The molecule has 41 heavy (non-hydrogen) atoms. The van der Waals surface area contributed by atoms with Crippen LogP contribution in [0.25, 0.3) is 10.2 Å². The number of halogens is 1. The van der Waals surface area contributed by atoms with Crippen LogP contribution in [0, 0.1) is 12.7 Å². The van der Waals surface area contributed by atoms with E-state index in [1.54, 1.807) is 37.3 Å². The van der Waals surface area contributed by atoms with Gasteiger partial charge in [0.1, 0.15) is 16.4 Å². The number of amides is 2. The van der Waals surface area contributed by atoms with E-state index < -0.39 is 23.4 Å². The maximum Gasteiger partial charge on any atom is 0.311 e. The van der Waals surface area contributed by atoms with Crippen LogP contribution in [0.5, 0.6) is 5.75 Å². The molecule has 1 atom stereocenters. The number of H-pyrrole nitrogens is 1. The summed E-state index contributed by atoms with van der Waals surface area (Å²) in [5.41, 5.74) is 8.22. The van der Waals surface area contributed by atoms with Gasteiger partial charge in [-0.3, -0.25) is 19.2 Å². The maximum atomic E-state index is 12.6. The standard InChI is InChI=1S/C20H16N4O6S.C8H10FN/c25-13-7-30-11-3-1-8(5-10(11)22-13)6-21-18(27)16-23-17(26)15-14-9(20(28)29)2-4-12(14)31-19(15)24-16;1-6-4-7(5-10)2-3-8(6)9/h1,3,5,9H,2,4,6-7H2,(H,21,27)(H,22,25)(H,28,29)(H,23,24,26);2-4H,5,10H2,1H3. The van der Waals surface area contributed by atoms with Crippen molar-refractivity contribution in [1.82, 2.24) is 15.3 Å². The number of ether oxygens (including phenoxy) is 1. The molecule has 0 radical (unpaired) electrons. The Morgan fingerprint density at radius 1 is 1.22 bits per heavy atom. The molecule has 1 unspecified atom stereocenters. The number of carboxylic acid groups (broad SMARTS) is 1. The van der Waals surface area contributed by atoms with Gasteiger partial charge in [0.05, 0.1) is 17.0 Å². The highest BCUT2D eigenvalue weighted by Crippen LogP contribution is 2.42. The zero-order chi connectivity index (χ0) is 29.3. The summed E-state index contributed by atoms with van der Waals surface area (Å²) in [6, 6.07) is 10.1. The van der Waals surface area contributed by atoms with Crippen LogP contribution in [-0.2, 0) is 29.1 Å². The molecule has 212 valence electrons. The minimum atomic E-state index is -0.966. The predicted molar refractivity (Wildman–Crippen MR) is 150 cm³/mol. The Labute approximate surface area is 236 Å². The van der Waals surface area contributed by atoms with Gasteiger partial charge in [-0.05, 0) is 60.2 Å². The second kappa shape index (κ2) is 11.5. The second-order valence-electron chi connectivity index (χ2n) is 9.60. The van der Waals surface area contributed by atoms with Gasteiger partial charge in [-0.1, -0.05) is 18.2 Å². The van der Waals surface area contributed by atoms with Crippen LogP contribution < -0.4 is 26.7 Å². The van der Waals surface area contributed by atoms with Gasteiger partial charge < -0.3 is 31.2 Å². The molecule has 11 nitrogen and oxygen atoms in total. The quantitative estimate of drug-likeness (QED) is 0.240. The van der Waals surface area contributed by atoms with Crippen LogP contribution in [0.15, 0.2) is 41.2 Å². The van der Waals surface area contributed by atoms with Crippen molar-refractivity contribution in [3.8, 4) is 5.75 Å². The minimum Gasteiger partial charge on any atom is -0.482 e. The third-order valence-corrected chi connectivity index (χ3v) is 7.94. The van der Waals surface area contributed by atoms with Crippen molar-refractivity contribution in [2.75, 3.05) is 11.9 Å². The van der Waals surface area contributed by atoms with Gasteiger partial charge in [0.2, 0.25) is 5.82 Å². The number of aromatic amines is 1. The summed E-state index contributed by atoms with van der Waals surface area (Å²) in [6.45, 7) is 2.31. The fourth-order valence-electron chi connectivity index (χ4n) is 4.74. The molecule has 2 aromatic heterocycles. The third-order valence-electron chi connectivity index (χ3n) is 6.79. The van der Waals surface area contributed by atoms with Crippen LogP contribution in [0.1, 0.15) is 50.1 Å². The van der Waals surface area contributed by atoms with E-state index in [0.717, 1.165) is 16.0 Å². The number of aliphatic carboxylic acids is 1. The number of benzene rings is 2. The van der Waals surface area contributed by atoms with Crippen molar-refractivity contribution >= 4 is 45.0 Å². The zero-order valence-electron chi connectivity index (χ0n) is 21.9. The number of carboxylic acids is 1. The molecule has 2 aromatic carbocycles. The molecular weight excluding hydrogens is 553 g/mol. The number of aryl methyl sites for hydroxylation is 2. The average Bonchev–Trinajstić information content (AvgIpc) is 3.52. The molecule has 3 heterocycles. The summed E-state index contributed by atoms with van der Waals surface area (Å²) in [5.74, 6) is -2.27. The number of aromatic nitrogens is 2. The first kappa shape index (κ1) is 27.9. The number of hydrogen-bond donors (Lipinski definition) is 5. The lowest BCUT2D eigenvalue weighted by molar-refractivity contribution is -0.138. The summed E-state index contributed by atoms with van der Waals surface area (Å²) in [7, 11) is 0. The summed E-state index contributed by atoms with van der Waals surface area (Å²) in [5, 5.41) is 15.1. The molecule has 0 bridgehead atoms. The van der Waals surface area contributed by atoms with Crippen molar-refractivity contribution in [2.24, 2.45) is 5.73 Å². The number of carbonyl (C=O) groups is 3. The van der Waals surface area contributed by atoms with E-state index in [9.17, 15) is 28.7 Å². The lowest BCUT2D eigenvalue weighted by Gasteiger charge is -2.18. The van der Waals surface area contributed by atoms with Gasteiger partial charge in [0.15, 0.2) is 6.61 Å². The molecule has 0 fully saturated rings. The number of nitrogens with two attached hydrogens (primary N) is 1. The first-order chi connectivity index (χ1) is 19.6. The van der Waals surface area contributed by atoms with Crippen molar-refractivity contribution in [3.05, 3.63) is 85.5 Å². The van der Waals surface area contributed by atoms with Crippen LogP contribution in [-0.4, -0.2) is 39.5 Å². The highest BCUT2D eigenvalue weighted by molar-refractivity contribution is 7.18. The van der Waals surface area contributed by atoms with Crippen molar-refractivity contribution in [2.45, 2.75) is 38.8 Å². The number of nitrogens with zero attached hydrogens (tertiary/aromatic N) is 1. The molecule has 2 aliphatic rings. The third kappa shape index (κ3) is 5.81. The number of rotatable bonds is 5. The predicted octanol–water partition coefficient (Wildman–Crippen LogP) is 2.95. The monoisotopic (exact) mass is 579 g/mol. The number of hydrogen-bond acceptors (Lipinski definition) is 8. The smallest absolute Gasteiger partial charge is 0.311 e. The number of anilines is 1. The molecule has 1 aliphatic heterocycles. The molecule has 2 amide bonds. The Morgan fingerprint density at radius 3 is 2.73 bits per heavy atom. The van der Waals surface area contributed by atoms with E-state index >= 15 is 0 Å². The van der Waals surface area contributed by atoms with E-state index in [1.165, 1.54) is 17.4 Å². The SMILES string of the molecule is Cc1cc(CN)ccc1F.O=C1COc2ccc(CNC(=O)c3nc4sc5c(c4c(=O)[nH]3)C(C(=O)O)CC5)cc2N1. The first-order valence-electron chi connectivity index (χ1n) is 12.7. The Hall–Kier alpha value is -4.62. The van der Waals surface area contributed by atoms with E-state index in [-0.39, 0.29) is 36.1 Å². The first-order valence-corrected chi connectivity index (χ1v) is 13.5. The molecule has 0 saturated heterocycles. The van der Waals surface area contributed by atoms with Gasteiger partial charge in [-0.25, -0.2) is 9.37 Å². The molecule has 0 saturated carbocycles. The molecule has 6 N–H and O–H groups in total. The highest BCUT2D eigenvalue weighted by atomic mass is 32.1. The zero-order valence-corrected chi connectivity index (χ0v) is 22.7. The normalized spacial score (nSPS) is 15.2. The van der Waals surface area contributed by atoms with Crippen LogP contribution in [0.3, 0.4) is 0 Å². The molecular formula is C28H26FN5O6S. The van der Waals surface area contributed by atoms with E-state index in [2.05, 4.69) is 20.6 Å². The lowest BCUT2D eigenvalue weighted by atomic mass is 10.0. The summed E-state index contributed by atoms with van der Waals surface area (Å²) < 4.78 is 17.9. The number of thiophene rings is 1. The molecule has 1 aliphatic carbocycles. The van der Waals surface area contributed by atoms with Gasteiger partial charge in [-0.15, -0.1) is 11.3 Å². The molecule has 6 rings (SSSR count). The number of carbonyl (C=O) groups excluding carboxylic acids is 2. The van der Waals surface area contributed by atoms with Gasteiger partial charge >= 0.3 is 5.97 Å². The van der Waals surface area contributed by atoms with E-state index in [4.69, 9.17) is 10.5 Å². The Kier molecular flexibility index (Phi) is 7.81. The largest absolute Gasteiger partial charge is 0.482 e. The Bertz CT molecular complexity index is 1750. The highest BCUT2D eigenvalue weighted by Gasteiger charge is 2.34. The van der Waals surface area contributed by atoms with Gasteiger partial charge in [0.25, 0.3) is 17.4 Å². The van der Waals surface area contributed by atoms with E-state index in [0.29, 0.717) is 46.8 Å². The molecule has 0 spiro atoms. The van der Waals surface area contributed by atoms with Crippen molar-refractivity contribution in [1.29, 1.82) is 0 Å². The van der Waals surface area contributed by atoms with Crippen LogP contribution >= 0.6 is 11.3 Å². The molecule has 4 aromatic rings. The Balaban J connectivity index is 0.000000287. The maximum absolute atomic E-state index is 12.6. The lowest BCUT2D eigenvalue weighted by Crippen LogP contribution is -2.28. The van der Waals surface area contributed by atoms with E-state index in [1.807, 2.05) is 0 Å². The number of fused-ring (bicyclic) bond motifs is 4.